The Morgan fingerprint density at radius 3 is 2.65 bits per heavy atom. The number of aromatic nitrogens is 3. The number of nitrogens with zero attached hydrogens (tertiary/aromatic N) is 1. The summed E-state index contributed by atoms with van der Waals surface area (Å²) >= 11 is 0. The Bertz CT molecular complexity index is 1480. The molecule has 5 aromatic rings. The van der Waals surface area contributed by atoms with Crippen LogP contribution >= 0.6 is 0 Å². The number of carbonyl (C=O) groups excluding carboxylic acids is 2. The lowest BCUT2D eigenvalue weighted by Crippen LogP contribution is -2.48. The van der Waals surface area contributed by atoms with Gasteiger partial charge in [0, 0.05) is 36.9 Å². The summed E-state index contributed by atoms with van der Waals surface area (Å²) in [6.45, 7) is 2.17. The summed E-state index contributed by atoms with van der Waals surface area (Å²) in [5.74, 6) is -0.557. The Morgan fingerprint density at radius 1 is 0.971 bits per heavy atom. The standard InChI is InChI=1S/C27H25N5O2/c1-17-9-11-28-24(17)27(34)32-23(14-20-7-4-6-19-5-2-3-8-22(19)20)26(33)31-16-18-13-21-10-12-29-25(21)30-15-18/h2-13,15,23,28H,14,16H2,1H3,(H,29,30)(H,31,33)(H,32,34)/t23-/m0/s1. The number of hydrogen-bond acceptors (Lipinski definition) is 3. The van der Waals surface area contributed by atoms with Crippen LogP contribution in [0.5, 0.6) is 0 Å². The molecule has 0 unspecified atom stereocenters. The van der Waals surface area contributed by atoms with Gasteiger partial charge in [-0.15, -0.1) is 0 Å². The highest BCUT2D eigenvalue weighted by Gasteiger charge is 2.24. The van der Waals surface area contributed by atoms with E-state index in [0.29, 0.717) is 18.7 Å². The first-order chi connectivity index (χ1) is 16.6. The zero-order chi connectivity index (χ0) is 23.5. The monoisotopic (exact) mass is 451 g/mol. The first kappa shape index (κ1) is 21.5. The van der Waals surface area contributed by atoms with E-state index in [0.717, 1.165) is 38.5 Å². The molecule has 0 spiro atoms. The Kier molecular flexibility index (Phi) is 5.82. The van der Waals surface area contributed by atoms with Crippen molar-refractivity contribution in [1.29, 1.82) is 0 Å². The van der Waals surface area contributed by atoms with Crippen molar-refractivity contribution in [3.63, 3.8) is 0 Å². The summed E-state index contributed by atoms with van der Waals surface area (Å²) in [5.41, 5.74) is 3.97. The number of nitrogens with one attached hydrogen (secondary N) is 4. The van der Waals surface area contributed by atoms with Crippen LogP contribution < -0.4 is 10.6 Å². The van der Waals surface area contributed by atoms with Crippen molar-refractivity contribution in [1.82, 2.24) is 25.6 Å². The number of aromatic amines is 2. The zero-order valence-corrected chi connectivity index (χ0v) is 18.8. The third-order valence-electron chi connectivity index (χ3n) is 6.03. The van der Waals surface area contributed by atoms with Crippen molar-refractivity contribution in [2.75, 3.05) is 0 Å². The second-order valence-electron chi connectivity index (χ2n) is 8.38. The zero-order valence-electron chi connectivity index (χ0n) is 18.8. The molecule has 0 saturated heterocycles. The molecule has 1 atom stereocenters. The van der Waals surface area contributed by atoms with Crippen LogP contribution in [0.15, 0.2) is 79.3 Å². The van der Waals surface area contributed by atoms with E-state index in [2.05, 4.69) is 25.6 Å². The number of hydrogen-bond donors (Lipinski definition) is 4. The van der Waals surface area contributed by atoms with Gasteiger partial charge in [-0.3, -0.25) is 9.59 Å². The minimum atomic E-state index is -0.745. The summed E-state index contributed by atoms with van der Waals surface area (Å²) < 4.78 is 0. The van der Waals surface area contributed by atoms with Gasteiger partial charge in [-0.25, -0.2) is 4.98 Å². The van der Waals surface area contributed by atoms with Crippen LogP contribution in [-0.4, -0.2) is 32.8 Å². The topological polar surface area (TPSA) is 103 Å². The predicted molar refractivity (Wildman–Crippen MR) is 132 cm³/mol. The lowest BCUT2D eigenvalue weighted by molar-refractivity contribution is -0.123. The van der Waals surface area contributed by atoms with E-state index in [1.807, 2.05) is 73.8 Å². The van der Waals surface area contributed by atoms with Gasteiger partial charge in [-0.05, 0) is 52.6 Å². The number of H-pyrrole nitrogens is 2. The fourth-order valence-electron chi connectivity index (χ4n) is 4.22. The molecular formula is C27H25N5O2. The third-order valence-corrected chi connectivity index (χ3v) is 6.03. The van der Waals surface area contributed by atoms with Gasteiger partial charge in [0.1, 0.15) is 17.4 Å². The molecule has 5 rings (SSSR count). The van der Waals surface area contributed by atoms with Crippen LogP contribution in [0.2, 0.25) is 0 Å². The molecule has 0 radical (unpaired) electrons. The number of amides is 2. The summed E-state index contributed by atoms with van der Waals surface area (Å²) in [4.78, 5) is 36.6. The number of rotatable bonds is 7. The van der Waals surface area contributed by atoms with Crippen molar-refractivity contribution in [2.24, 2.45) is 0 Å². The Labute approximate surface area is 196 Å². The highest BCUT2D eigenvalue weighted by Crippen LogP contribution is 2.20. The molecule has 7 heteroatoms. The van der Waals surface area contributed by atoms with Crippen molar-refractivity contribution in [3.8, 4) is 0 Å². The maximum absolute atomic E-state index is 13.3. The molecule has 3 heterocycles. The van der Waals surface area contributed by atoms with E-state index in [-0.39, 0.29) is 11.8 Å². The number of benzene rings is 2. The van der Waals surface area contributed by atoms with Crippen LogP contribution in [0, 0.1) is 6.92 Å². The number of aryl methyl sites for hydroxylation is 1. The quantitative estimate of drug-likeness (QED) is 0.301. The fourth-order valence-corrected chi connectivity index (χ4v) is 4.22. The van der Waals surface area contributed by atoms with Gasteiger partial charge in [0.2, 0.25) is 5.91 Å². The molecule has 7 nitrogen and oxygen atoms in total. The molecular weight excluding hydrogens is 426 g/mol. The lowest BCUT2D eigenvalue weighted by Gasteiger charge is -2.20. The molecule has 2 aromatic carbocycles. The van der Waals surface area contributed by atoms with Crippen molar-refractivity contribution < 1.29 is 9.59 Å². The average molecular weight is 452 g/mol. The van der Waals surface area contributed by atoms with Gasteiger partial charge in [0.05, 0.1) is 0 Å². The molecule has 0 bridgehead atoms. The fraction of sp³-hybridized carbons (Fsp3) is 0.148. The van der Waals surface area contributed by atoms with E-state index in [9.17, 15) is 9.59 Å². The highest BCUT2D eigenvalue weighted by atomic mass is 16.2. The van der Waals surface area contributed by atoms with Gasteiger partial charge in [0.15, 0.2) is 0 Å². The molecule has 2 amide bonds. The predicted octanol–water partition coefficient (Wildman–Crippen LogP) is 4.01. The molecule has 0 saturated carbocycles. The average Bonchev–Trinajstić information content (AvgIpc) is 3.50. The summed E-state index contributed by atoms with van der Waals surface area (Å²) in [7, 11) is 0. The molecule has 0 aliphatic carbocycles. The summed E-state index contributed by atoms with van der Waals surface area (Å²) in [6.07, 6.45) is 5.65. The number of fused-ring (bicyclic) bond motifs is 2. The van der Waals surface area contributed by atoms with E-state index < -0.39 is 6.04 Å². The first-order valence-electron chi connectivity index (χ1n) is 11.2. The molecule has 0 aliphatic heterocycles. The third kappa shape index (κ3) is 4.41. The van der Waals surface area contributed by atoms with Crippen molar-refractivity contribution >= 4 is 33.6 Å². The van der Waals surface area contributed by atoms with E-state index in [4.69, 9.17) is 0 Å². The molecule has 4 N–H and O–H groups in total. The van der Waals surface area contributed by atoms with Crippen LogP contribution in [0.4, 0.5) is 0 Å². The molecule has 34 heavy (non-hydrogen) atoms. The SMILES string of the molecule is Cc1cc[nH]c1C(=O)N[C@@H](Cc1cccc2ccccc12)C(=O)NCc1cnc2[nH]ccc2c1. The summed E-state index contributed by atoms with van der Waals surface area (Å²) in [6, 6.07) is 19.1. The smallest absolute Gasteiger partial charge is 0.268 e. The normalized spacial score (nSPS) is 12.0. The van der Waals surface area contributed by atoms with Crippen LogP contribution in [0.1, 0.15) is 27.2 Å². The Hall–Kier alpha value is -4.39. The number of pyridine rings is 1. The van der Waals surface area contributed by atoms with E-state index in [1.54, 1.807) is 12.4 Å². The lowest BCUT2D eigenvalue weighted by atomic mass is 9.98. The minimum absolute atomic E-state index is 0.250. The van der Waals surface area contributed by atoms with E-state index in [1.165, 1.54) is 0 Å². The minimum Gasteiger partial charge on any atom is -0.357 e. The summed E-state index contributed by atoms with van der Waals surface area (Å²) in [5, 5.41) is 9.05. The van der Waals surface area contributed by atoms with Crippen LogP contribution in [0.25, 0.3) is 21.8 Å². The molecule has 3 aromatic heterocycles. The molecule has 170 valence electrons. The second-order valence-corrected chi connectivity index (χ2v) is 8.38. The van der Waals surface area contributed by atoms with Gasteiger partial charge in [-0.1, -0.05) is 42.5 Å². The van der Waals surface area contributed by atoms with Gasteiger partial charge >= 0.3 is 0 Å². The Morgan fingerprint density at radius 2 is 1.79 bits per heavy atom. The molecule has 0 fully saturated rings. The van der Waals surface area contributed by atoms with Gasteiger partial charge in [0.25, 0.3) is 5.91 Å². The second kappa shape index (κ2) is 9.23. The number of carbonyl (C=O) groups is 2. The van der Waals surface area contributed by atoms with Crippen LogP contribution in [-0.2, 0) is 17.8 Å². The Balaban J connectivity index is 1.38. The van der Waals surface area contributed by atoms with Crippen molar-refractivity contribution in [3.05, 3.63) is 102 Å². The largest absolute Gasteiger partial charge is 0.357 e. The van der Waals surface area contributed by atoms with Gasteiger partial charge in [-0.2, -0.15) is 0 Å². The van der Waals surface area contributed by atoms with Gasteiger partial charge < -0.3 is 20.6 Å². The maximum atomic E-state index is 13.3. The maximum Gasteiger partial charge on any atom is 0.268 e. The molecule has 0 aliphatic rings. The first-order valence-corrected chi connectivity index (χ1v) is 11.2. The van der Waals surface area contributed by atoms with Crippen LogP contribution in [0.3, 0.4) is 0 Å². The van der Waals surface area contributed by atoms with Crippen molar-refractivity contribution in [2.45, 2.75) is 25.9 Å². The highest BCUT2D eigenvalue weighted by molar-refractivity contribution is 5.97. The van der Waals surface area contributed by atoms with E-state index >= 15 is 0 Å².